The van der Waals surface area contributed by atoms with Crippen molar-refractivity contribution in [3.05, 3.63) is 0 Å². The Morgan fingerprint density at radius 2 is 1.55 bits per heavy atom. The van der Waals surface area contributed by atoms with Gasteiger partial charge in [0.25, 0.3) is 0 Å². The lowest BCUT2D eigenvalue weighted by Gasteiger charge is -2.13. The number of hydrogen-bond donors (Lipinski definition) is 2. The highest BCUT2D eigenvalue weighted by Crippen LogP contribution is 1.93. The van der Waals surface area contributed by atoms with E-state index in [0.29, 0.717) is 13.2 Å². The highest BCUT2D eigenvalue weighted by molar-refractivity contribution is 4.49. The number of ether oxygens (including phenoxy) is 4. The number of methoxy groups -OCH3 is 2. The van der Waals surface area contributed by atoms with Crippen LogP contribution in [0.5, 0.6) is 0 Å². The molecule has 0 fully saturated rings. The zero-order valence-electron chi connectivity index (χ0n) is 13.3. The minimum atomic E-state index is -0.0856. The Kier molecular flexibility index (Phi) is 20.7. The van der Waals surface area contributed by atoms with Gasteiger partial charge in [0.2, 0.25) is 0 Å². The third-order valence-electron chi connectivity index (χ3n) is 2.36. The van der Waals surface area contributed by atoms with Gasteiger partial charge in [-0.25, -0.2) is 0 Å². The second kappa shape index (κ2) is 18.8. The summed E-state index contributed by atoms with van der Waals surface area (Å²) in [7, 11) is 3.31. The van der Waals surface area contributed by atoms with Crippen LogP contribution in [0, 0.1) is 0 Å². The van der Waals surface area contributed by atoms with Gasteiger partial charge >= 0.3 is 0 Å². The summed E-state index contributed by atoms with van der Waals surface area (Å²) in [5.74, 6) is 0. The fourth-order valence-corrected chi connectivity index (χ4v) is 0.995. The van der Waals surface area contributed by atoms with Gasteiger partial charge in [0.15, 0.2) is 0 Å². The van der Waals surface area contributed by atoms with E-state index in [1.807, 2.05) is 13.8 Å². The molecule has 0 rings (SSSR count). The van der Waals surface area contributed by atoms with Crippen LogP contribution in [0.4, 0.5) is 0 Å². The Morgan fingerprint density at radius 1 is 0.900 bits per heavy atom. The summed E-state index contributed by atoms with van der Waals surface area (Å²) in [5.41, 5.74) is 0. The summed E-state index contributed by atoms with van der Waals surface area (Å²) in [4.78, 5) is 0. The minimum Gasteiger partial charge on any atom is -0.396 e. The van der Waals surface area contributed by atoms with Gasteiger partial charge in [0, 0.05) is 40.6 Å². The molecule has 0 aliphatic heterocycles. The Bertz CT molecular complexity index is 150. The molecule has 2 atom stereocenters. The Balaban J connectivity index is 0. The van der Waals surface area contributed by atoms with E-state index in [9.17, 15) is 0 Å². The maximum absolute atomic E-state index is 8.55. The van der Waals surface area contributed by atoms with E-state index in [1.54, 1.807) is 14.2 Å². The lowest BCUT2D eigenvalue weighted by molar-refractivity contribution is -0.0313. The molecule has 0 saturated heterocycles. The standard InChI is InChI=1S/2C7H16O3/c1-6(4-8)10-5-7(2)9-3;1-9-5-3-7-10-6-2-4-8/h6-8H,4-5H2,1-3H3;8H,2-7H2,1H3. The minimum absolute atomic E-state index is 0.0659. The van der Waals surface area contributed by atoms with Crippen molar-refractivity contribution in [2.45, 2.75) is 38.9 Å². The number of aliphatic hydroxyl groups is 2. The quantitative estimate of drug-likeness (QED) is 0.520. The third-order valence-corrected chi connectivity index (χ3v) is 2.36. The third kappa shape index (κ3) is 20.1. The molecule has 0 aromatic rings. The van der Waals surface area contributed by atoms with Gasteiger partial charge in [0.1, 0.15) is 0 Å². The largest absolute Gasteiger partial charge is 0.396 e. The van der Waals surface area contributed by atoms with Gasteiger partial charge in [-0.1, -0.05) is 0 Å². The van der Waals surface area contributed by atoms with E-state index in [2.05, 4.69) is 0 Å². The molecule has 0 aromatic carbocycles. The number of aliphatic hydroxyl groups excluding tert-OH is 2. The molecule has 0 spiro atoms. The van der Waals surface area contributed by atoms with Crippen LogP contribution < -0.4 is 0 Å². The fourth-order valence-electron chi connectivity index (χ4n) is 0.995. The molecule has 0 saturated carbocycles. The monoisotopic (exact) mass is 296 g/mol. The summed E-state index contributed by atoms with van der Waals surface area (Å²) < 4.78 is 20.1. The highest BCUT2D eigenvalue weighted by Gasteiger charge is 2.03. The first kappa shape index (κ1) is 22.0. The predicted octanol–water partition coefficient (Wildman–Crippen LogP) is 0.841. The zero-order valence-corrected chi connectivity index (χ0v) is 13.3. The van der Waals surface area contributed by atoms with Crippen LogP contribution >= 0.6 is 0 Å². The van der Waals surface area contributed by atoms with Gasteiger partial charge in [-0.3, -0.25) is 0 Å². The Hall–Kier alpha value is -0.240. The van der Waals surface area contributed by atoms with Crippen molar-refractivity contribution < 1.29 is 29.2 Å². The van der Waals surface area contributed by atoms with Crippen molar-refractivity contribution in [3.63, 3.8) is 0 Å². The molecule has 0 aliphatic rings. The summed E-state index contributed by atoms with van der Waals surface area (Å²) in [6.07, 6.45) is 1.68. The lowest BCUT2D eigenvalue weighted by Crippen LogP contribution is -2.21. The molecule has 0 aromatic heterocycles. The second-order valence-corrected chi connectivity index (χ2v) is 4.41. The highest BCUT2D eigenvalue weighted by atomic mass is 16.5. The van der Waals surface area contributed by atoms with Crippen LogP contribution in [0.2, 0.25) is 0 Å². The number of rotatable bonds is 12. The molecule has 0 amide bonds. The molecule has 0 heterocycles. The maximum atomic E-state index is 8.55. The first-order chi connectivity index (χ1) is 9.62. The molecule has 2 N–H and O–H groups in total. The van der Waals surface area contributed by atoms with Crippen LogP contribution in [-0.2, 0) is 18.9 Å². The van der Waals surface area contributed by atoms with E-state index in [4.69, 9.17) is 29.2 Å². The Morgan fingerprint density at radius 3 is 2.05 bits per heavy atom. The van der Waals surface area contributed by atoms with Gasteiger partial charge < -0.3 is 29.2 Å². The van der Waals surface area contributed by atoms with Gasteiger partial charge in [-0.05, 0) is 26.7 Å². The Labute approximate surface area is 123 Å². The lowest BCUT2D eigenvalue weighted by atomic mass is 10.4. The average Bonchev–Trinajstić information content (AvgIpc) is 2.48. The van der Waals surface area contributed by atoms with Crippen molar-refractivity contribution in [2.24, 2.45) is 0 Å². The van der Waals surface area contributed by atoms with Gasteiger partial charge in [-0.2, -0.15) is 0 Å². The molecule has 6 heteroatoms. The summed E-state index contributed by atoms with van der Waals surface area (Å²) in [5, 5.41) is 16.9. The molecule has 0 radical (unpaired) electrons. The molecule has 20 heavy (non-hydrogen) atoms. The molecule has 0 bridgehead atoms. The van der Waals surface area contributed by atoms with Crippen LogP contribution in [0.25, 0.3) is 0 Å². The van der Waals surface area contributed by atoms with Crippen molar-refractivity contribution in [3.8, 4) is 0 Å². The summed E-state index contributed by atoms with van der Waals surface area (Å²) in [6.45, 7) is 6.69. The van der Waals surface area contributed by atoms with Crippen molar-refractivity contribution in [1.82, 2.24) is 0 Å². The molecular formula is C14H32O6. The first-order valence-corrected chi connectivity index (χ1v) is 7.05. The normalized spacial score (nSPS) is 13.5. The van der Waals surface area contributed by atoms with E-state index >= 15 is 0 Å². The number of hydrogen-bond acceptors (Lipinski definition) is 6. The van der Waals surface area contributed by atoms with Crippen LogP contribution in [0.3, 0.4) is 0 Å². The topological polar surface area (TPSA) is 77.4 Å². The predicted molar refractivity (Wildman–Crippen MR) is 78.0 cm³/mol. The van der Waals surface area contributed by atoms with E-state index < -0.39 is 0 Å². The fraction of sp³-hybridized carbons (Fsp3) is 1.00. The van der Waals surface area contributed by atoms with Crippen LogP contribution in [-0.4, -0.2) is 76.3 Å². The molecule has 0 aliphatic carbocycles. The van der Waals surface area contributed by atoms with Crippen molar-refractivity contribution in [2.75, 3.05) is 53.9 Å². The van der Waals surface area contributed by atoms with Gasteiger partial charge in [0.05, 0.1) is 25.4 Å². The van der Waals surface area contributed by atoms with Crippen molar-refractivity contribution >= 4 is 0 Å². The van der Waals surface area contributed by atoms with Crippen LogP contribution in [0.15, 0.2) is 0 Å². The van der Waals surface area contributed by atoms with Gasteiger partial charge in [-0.15, -0.1) is 0 Å². The van der Waals surface area contributed by atoms with E-state index in [0.717, 1.165) is 26.1 Å². The maximum Gasteiger partial charge on any atom is 0.0779 e. The van der Waals surface area contributed by atoms with Crippen molar-refractivity contribution in [1.29, 1.82) is 0 Å². The summed E-state index contributed by atoms with van der Waals surface area (Å²) in [6, 6.07) is 0. The molecule has 2 unspecified atom stereocenters. The molecule has 6 nitrogen and oxygen atoms in total. The second-order valence-electron chi connectivity index (χ2n) is 4.41. The van der Waals surface area contributed by atoms with E-state index in [-0.39, 0.29) is 25.4 Å². The zero-order chi connectivity index (χ0) is 15.6. The SMILES string of the molecule is COC(C)COC(C)CO.COCCCOCCCO. The molecular weight excluding hydrogens is 264 g/mol. The van der Waals surface area contributed by atoms with Crippen LogP contribution in [0.1, 0.15) is 26.7 Å². The average molecular weight is 296 g/mol. The first-order valence-electron chi connectivity index (χ1n) is 7.05. The smallest absolute Gasteiger partial charge is 0.0779 e. The van der Waals surface area contributed by atoms with E-state index in [1.165, 1.54) is 0 Å². The molecule has 124 valence electrons. The summed E-state index contributed by atoms with van der Waals surface area (Å²) >= 11 is 0.